The molecule has 20 heavy (non-hydrogen) atoms. The Balaban J connectivity index is 2.06. The molecule has 1 aliphatic rings. The number of hydrogen-bond donors (Lipinski definition) is 1. The number of pyridine rings is 1. The van der Waals surface area contributed by atoms with Crippen LogP contribution in [0, 0.1) is 0 Å². The van der Waals surface area contributed by atoms with Crippen molar-refractivity contribution < 1.29 is 4.79 Å². The second kappa shape index (κ2) is 6.43. The quantitative estimate of drug-likeness (QED) is 0.627. The van der Waals surface area contributed by atoms with Gasteiger partial charge in [0.25, 0.3) is 5.91 Å². The second-order valence-electron chi connectivity index (χ2n) is 4.02. The molecule has 2 heterocycles. The average molecular weight is 397 g/mol. The Kier molecular flexibility index (Phi) is 5.07. The topological polar surface area (TPSA) is 54.4 Å². The maximum Gasteiger partial charge on any atom is 0.256 e. The fraction of sp³-hybridized carbons (Fsp3) is 0.250. The van der Waals surface area contributed by atoms with Gasteiger partial charge >= 0.3 is 0 Å². The first-order valence-corrected chi connectivity index (χ1v) is 7.51. The van der Waals surface area contributed by atoms with Gasteiger partial charge in [-0.05, 0) is 18.2 Å². The fourth-order valence-corrected chi connectivity index (χ4v) is 2.78. The van der Waals surface area contributed by atoms with E-state index in [1.807, 2.05) is 0 Å². The van der Waals surface area contributed by atoms with E-state index in [1.54, 1.807) is 18.4 Å². The molecule has 2 rings (SSSR count). The molecular weight excluding hydrogens is 388 g/mol. The van der Waals surface area contributed by atoms with E-state index in [4.69, 9.17) is 34.8 Å². The number of hydrogen-bond acceptors (Lipinski definition) is 3. The van der Waals surface area contributed by atoms with Gasteiger partial charge in [0.05, 0.1) is 16.6 Å². The Morgan fingerprint density at radius 2 is 2.25 bits per heavy atom. The number of nitrogens with zero attached hydrogens (tertiary/aromatic N) is 2. The van der Waals surface area contributed by atoms with E-state index in [-0.39, 0.29) is 28.3 Å². The number of aromatic nitrogens is 1. The molecule has 4 nitrogen and oxygen atoms in total. The fourth-order valence-electron chi connectivity index (χ4n) is 1.62. The summed E-state index contributed by atoms with van der Waals surface area (Å²) in [6.07, 6.45) is 6.54. The molecule has 1 aromatic heterocycles. The zero-order valence-electron chi connectivity index (χ0n) is 9.99. The molecule has 8 heteroatoms. The summed E-state index contributed by atoms with van der Waals surface area (Å²) in [4.78, 5) is 20.1. The lowest BCUT2D eigenvalue weighted by atomic mass is 10.1. The van der Waals surface area contributed by atoms with Crippen LogP contribution in [0.25, 0.3) is 0 Å². The van der Waals surface area contributed by atoms with Crippen LogP contribution in [0.1, 0.15) is 10.4 Å². The van der Waals surface area contributed by atoms with Gasteiger partial charge < -0.3 is 5.32 Å². The van der Waals surface area contributed by atoms with Gasteiger partial charge in [0.1, 0.15) is 8.94 Å². The molecule has 1 N–H and O–H groups in total. The maximum absolute atomic E-state index is 12.1. The smallest absolute Gasteiger partial charge is 0.256 e. The Labute approximate surface area is 139 Å². The monoisotopic (exact) mass is 395 g/mol. The maximum atomic E-state index is 12.1. The van der Waals surface area contributed by atoms with Crippen LogP contribution >= 0.6 is 50.7 Å². The summed E-state index contributed by atoms with van der Waals surface area (Å²) in [5.41, 5.74) is 0.140. The van der Waals surface area contributed by atoms with Crippen LogP contribution in [0.3, 0.4) is 0 Å². The summed E-state index contributed by atoms with van der Waals surface area (Å²) in [5, 5.41) is 2.99. The van der Waals surface area contributed by atoms with Crippen LogP contribution in [0.5, 0.6) is 0 Å². The molecule has 2 atom stereocenters. The minimum Gasteiger partial charge on any atom is -0.350 e. The normalized spacial score (nSPS) is 24.7. The van der Waals surface area contributed by atoms with E-state index in [2.05, 4.69) is 31.2 Å². The van der Waals surface area contributed by atoms with Crippen molar-refractivity contribution in [3.8, 4) is 0 Å². The molecule has 0 bridgehead atoms. The van der Waals surface area contributed by atoms with Crippen molar-refractivity contribution in [1.29, 1.82) is 0 Å². The predicted octanol–water partition coefficient (Wildman–Crippen LogP) is 3.46. The van der Waals surface area contributed by atoms with Crippen molar-refractivity contribution in [2.45, 2.75) is 9.83 Å². The minimum absolute atomic E-state index is 0.0537. The summed E-state index contributed by atoms with van der Waals surface area (Å²) in [5.74, 6) is -0.419. The molecule has 106 valence electrons. The Morgan fingerprint density at radius 1 is 1.50 bits per heavy atom. The molecule has 0 aliphatic carbocycles. The number of amides is 1. The Morgan fingerprint density at radius 3 is 2.90 bits per heavy atom. The molecule has 0 saturated heterocycles. The van der Waals surface area contributed by atoms with Crippen LogP contribution in [0.4, 0.5) is 0 Å². The molecule has 0 spiro atoms. The van der Waals surface area contributed by atoms with Gasteiger partial charge in [-0.3, -0.25) is 9.79 Å². The highest BCUT2D eigenvalue weighted by atomic mass is 79.9. The van der Waals surface area contributed by atoms with Crippen molar-refractivity contribution in [3.63, 3.8) is 0 Å². The highest BCUT2D eigenvalue weighted by molar-refractivity contribution is 9.10. The lowest BCUT2D eigenvalue weighted by molar-refractivity contribution is 0.0951. The van der Waals surface area contributed by atoms with Crippen LogP contribution in [0.2, 0.25) is 10.2 Å². The molecule has 0 radical (unpaired) electrons. The lowest BCUT2D eigenvalue weighted by Crippen LogP contribution is -2.40. The lowest BCUT2D eigenvalue weighted by Gasteiger charge is -2.26. The third-order valence-corrected chi connectivity index (χ3v) is 4.42. The highest BCUT2D eigenvalue weighted by Gasteiger charge is 2.33. The number of carbonyl (C=O) groups is 1. The van der Waals surface area contributed by atoms with E-state index < -0.39 is 9.69 Å². The number of rotatable bonds is 3. The first kappa shape index (κ1) is 15.8. The van der Waals surface area contributed by atoms with E-state index >= 15 is 0 Å². The largest absolute Gasteiger partial charge is 0.350 e. The molecule has 0 aromatic carbocycles. The van der Waals surface area contributed by atoms with Crippen molar-refractivity contribution in [2.24, 2.45) is 4.99 Å². The third kappa shape index (κ3) is 3.52. The van der Waals surface area contributed by atoms with Gasteiger partial charge in [0.2, 0.25) is 0 Å². The number of carbonyl (C=O) groups excluding carboxylic acids is 1. The van der Waals surface area contributed by atoms with Gasteiger partial charge in [-0.1, -0.05) is 50.7 Å². The number of allylic oxidation sites excluding steroid dienone is 1. The number of halogens is 4. The van der Waals surface area contributed by atoms with E-state index in [0.29, 0.717) is 0 Å². The summed E-state index contributed by atoms with van der Waals surface area (Å²) in [6.45, 7) is 0.232. The number of dihydropyridines is 1. The molecule has 0 saturated carbocycles. The summed E-state index contributed by atoms with van der Waals surface area (Å²) >= 11 is 21.4. The summed E-state index contributed by atoms with van der Waals surface area (Å²) in [6, 6.07) is 1.16. The summed E-state index contributed by atoms with van der Waals surface area (Å²) < 4.78 is -0.822. The Bertz CT molecular complexity index is 569. The van der Waals surface area contributed by atoms with Crippen molar-refractivity contribution in [2.75, 3.05) is 6.54 Å². The van der Waals surface area contributed by atoms with Gasteiger partial charge in [0, 0.05) is 19.0 Å². The average Bonchev–Trinajstić information content (AvgIpc) is 2.36. The minimum atomic E-state index is -0.822. The molecule has 1 aliphatic heterocycles. The molecule has 1 aromatic rings. The second-order valence-corrected chi connectivity index (χ2v) is 7.18. The zero-order chi connectivity index (χ0) is 14.8. The molecule has 1 amide bonds. The Hall–Kier alpha value is -0.620. The first-order chi connectivity index (χ1) is 9.42. The zero-order valence-corrected chi connectivity index (χ0v) is 13.8. The van der Waals surface area contributed by atoms with Crippen molar-refractivity contribution >= 4 is 62.9 Å². The van der Waals surface area contributed by atoms with E-state index in [0.717, 1.165) is 0 Å². The standard InChI is InChI=1S/C12H9BrCl3N3O/c13-12(16)3-1-4-17-8(12)6-19-11(20)9-7(14)2-5-18-10(9)15/h1-5,8H,6H2,(H,19,20). The molecular formula is C12H9BrCl3N3O. The molecule has 0 fully saturated rings. The SMILES string of the molecule is O=C(NCC1N=CC=CC1(Cl)Br)c1c(Cl)ccnc1Cl. The van der Waals surface area contributed by atoms with Crippen LogP contribution in [-0.4, -0.2) is 33.5 Å². The predicted molar refractivity (Wildman–Crippen MR) is 85.5 cm³/mol. The summed E-state index contributed by atoms with van der Waals surface area (Å²) in [7, 11) is 0. The van der Waals surface area contributed by atoms with Crippen LogP contribution in [0.15, 0.2) is 29.4 Å². The van der Waals surface area contributed by atoms with Crippen molar-refractivity contribution in [3.05, 3.63) is 40.2 Å². The van der Waals surface area contributed by atoms with Crippen molar-refractivity contribution in [1.82, 2.24) is 10.3 Å². The number of alkyl halides is 2. The first-order valence-electron chi connectivity index (χ1n) is 5.59. The van der Waals surface area contributed by atoms with Crippen LogP contribution in [-0.2, 0) is 0 Å². The molecule has 2 unspecified atom stereocenters. The van der Waals surface area contributed by atoms with E-state index in [1.165, 1.54) is 12.3 Å². The van der Waals surface area contributed by atoms with Crippen LogP contribution < -0.4 is 5.32 Å². The van der Waals surface area contributed by atoms with Gasteiger partial charge in [-0.25, -0.2) is 4.98 Å². The van der Waals surface area contributed by atoms with Gasteiger partial charge in [-0.15, -0.1) is 0 Å². The number of aliphatic imine (C=N–C) groups is 1. The van der Waals surface area contributed by atoms with E-state index in [9.17, 15) is 4.79 Å². The number of nitrogens with one attached hydrogen (secondary N) is 1. The highest BCUT2D eigenvalue weighted by Crippen LogP contribution is 2.33. The third-order valence-electron chi connectivity index (χ3n) is 2.65. The van der Waals surface area contributed by atoms with Gasteiger partial charge in [0.15, 0.2) is 0 Å². The van der Waals surface area contributed by atoms with Gasteiger partial charge in [-0.2, -0.15) is 0 Å².